The lowest BCUT2D eigenvalue weighted by molar-refractivity contribution is -0.254. The summed E-state index contributed by atoms with van der Waals surface area (Å²) >= 11 is 0. The van der Waals surface area contributed by atoms with Crippen molar-refractivity contribution < 1.29 is 10.8 Å². The van der Waals surface area contributed by atoms with Crippen molar-refractivity contribution >= 4 is 5.69 Å². The third kappa shape index (κ3) is 1.56. The van der Waals surface area contributed by atoms with Crippen LogP contribution >= 0.6 is 0 Å². The first-order chi connectivity index (χ1) is 4.70. The minimum Gasteiger partial charge on any atom is -0.389 e. The molecule has 1 aromatic rings. The van der Waals surface area contributed by atoms with Crippen LogP contribution in [0.2, 0.25) is 0 Å². The van der Waals surface area contributed by atoms with Crippen LogP contribution in [-0.2, 0) is 0 Å². The van der Waals surface area contributed by atoms with Gasteiger partial charge < -0.3 is 10.8 Å². The van der Waals surface area contributed by atoms with Crippen LogP contribution in [0.1, 0.15) is 18.6 Å². The molecule has 1 rings (SSSR count). The predicted octanol–water partition coefficient (Wildman–Crippen LogP) is 0.613. The summed E-state index contributed by atoms with van der Waals surface area (Å²) in [6, 6.07) is 7.55. The molecule has 0 aliphatic heterocycles. The maximum absolute atomic E-state index is 9.09. The molecule has 10 heavy (non-hydrogen) atoms. The van der Waals surface area contributed by atoms with Gasteiger partial charge in [-0.3, -0.25) is 0 Å². The average molecular weight is 138 g/mol. The molecule has 1 unspecified atom stereocenters. The Labute approximate surface area is 60.3 Å². The number of hydrogen-bond acceptors (Lipinski definition) is 1. The van der Waals surface area contributed by atoms with Crippen molar-refractivity contribution in [1.82, 2.24) is 0 Å². The van der Waals surface area contributed by atoms with E-state index in [1.165, 1.54) is 0 Å². The number of rotatable bonds is 1. The quantitative estimate of drug-likeness (QED) is 0.587. The van der Waals surface area contributed by atoms with Crippen molar-refractivity contribution in [3.8, 4) is 0 Å². The van der Waals surface area contributed by atoms with Crippen molar-refractivity contribution in [2.24, 2.45) is 0 Å². The van der Waals surface area contributed by atoms with E-state index in [0.29, 0.717) is 0 Å². The third-order valence-electron chi connectivity index (χ3n) is 1.46. The first-order valence-electron chi connectivity index (χ1n) is 3.30. The van der Waals surface area contributed by atoms with Gasteiger partial charge in [0, 0.05) is 0 Å². The zero-order valence-electron chi connectivity index (χ0n) is 6.04. The molecule has 0 spiro atoms. The Morgan fingerprint density at radius 3 is 2.20 bits per heavy atom. The summed E-state index contributed by atoms with van der Waals surface area (Å²) in [5.41, 5.74) is 5.65. The van der Waals surface area contributed by atoms with Crippen molar-refractivity contribution in [2.45, 2.75) is 13.0 Å². The number of benzene rings is 1. The molecule has 0 saturated carbocycles. The van der Waals surface area contributed by atoms with Gasteiger partial charge in [0.1, 0.15) is 5.69 Å². The highest BCUT2D eigenvalue weighted by Crippen LogP contribution is 2.12. The number of aliphatic hydroxyl groups excluding tert-OH is 1. The van der Waals surface area contributed by atoms with E-state index in [2.05, 4.69) is 5.73 Å². The zero-order chi connectivity index (χ0) is 7.56. The van der Waals surface area contributed by atoms with Crippen molar-refractivity contribution in [1.29, 1.82) is 0 Å². The second-order valence-corrected chi connectivity index (χ2v) is 2.42. The van der Waals surface area contributed by atoms with Gasteiger partial charge in [0.25, 0.3) is 0 Å². The van der Waals surface area contributed by atoms with Gasteiger partial charge in [-0.05, 0) is 24.6 Å². The Morgan fingerprint density at radius 2 is 1.80 bits per heavy atom. The molecule has 0 saturated heterocycles. The van der Waals surface area contributed by atoms with E-state index in [0.717, 1.165) is 11.3 Å². The molecule has 0 radical (unpaired) electrons. The molecule has 2 heteroatoms. The maximum Gasteiger partial charge on any atom is 0.127 e. The van der Waals surface area contributed by atoms with Crippen LogP contribution in [0, 0.1) is 0 Å². The van der Waals surface area contributed by atoms with Gasteiger partial charge in [-0.15, -0.1) is 0 Å². The van der Waals surface area contributed by atoms with Gasteiger partial charge in [-0.25, -0.2) is 0 Å². The summed E-state index contributed by atoms with van der Waals surface area (Å²) in [5, 5.41) is 9.09. The van der Waals surface area contributed by atoms with Gasteiger partial charge in [0.15, 0.2) is 0 Å². The summed E-state index contributed by atoms with van der Waals surface area (Å²) in [6.45, 7) is 1.75. The fourth-order valence-corrected chi connectivity index (χ4v) is 0.796. The molecule has 0 bridgehead atoms. The number of aliphatic hydroxyl groups is 1. The van der Waals surface area contributed by atoms with E-state index in [4.69, 9.17) is 5.11 Å². The minimum absolute atomic E-state index is 0.374. The molecule has 0 fully saturated rings. The zero-order valence-corrected chi connectivity index (χ0v) is 6.04. The SMILES string of the molecule is CC(O)c1ccc([NH3+])cc1. The molecule has 54 valence electrons. The van der Waals surface area contributed by atoms with Crippen molar-refractivity contribution in [2.75, 3.05) is 0 Å². The molecule has 0 heterocycles. The minimum atomic E-state index is -0.374. The van der Waals surface area contributed by atoms with Crippen LogP contribution in [0.4, 0.5) is 5.69 Å². The highest BCUT2D eigenvalue weighted by atomic mass is 16.3. The molecule has 2 nitrogen and oxygen atoms in total. The van der Waals surface area contributed by atoms with Crippen LogP contribution in [-0.4, -0.2) is 5.11 Å². The summed E-state index contributed by atoms with van der Waals surface area (Å²) in [7, 11) is 0. The maximum atomic E-state index is 9.09. The van der Waals surface area contributed by atoms with Gasteiger partial charge in [-0.1, -0.05) is 12.1 Å². The molecule has 0 aliphatic rings. The van der Waals surface area contributed by atoms with Crippen molar-refractivity contribution in [3.05, 3.63) is 29.8 Å². The molecular formula is C8H12NO+. The van der Waals surface area contributed by atoms with Gasteiger partial charge in [0.05, 0.1) is 6.10 Å². The van der Waals surface area contributed by atoms with Gasteiger partial charge in [0.2, 0.25) is 0 Å². The molecular weight excluding hydrogens is 126 g/mol. The monoisotopic (exact) mass is 138 g/mol. The third-order valence-corrected chi connectivity index (χ3v) is 1.46. The molecule has 0 aromatic heterocycles. The highest BCUT2D eigenvalue weighted by molar-refractivity contribution is 5.31. The fourth-order valence-electron chi connectivity index (χ4n) is 0.796. The predicted molar refractivity (Wildman–Crippen MR) is 39.6 cm³/mol. The molecule has 1 aromatic carbocycles. The van der Waals surface area contributed by atoms with Crippen LogP contribution in [0.15, 0.2) is 24.3 Å². The Hall–Kier alpha value is -0.860. The van der Waals surface area contributed by atoms with Crippen molar-refractivity contribution in [3.63, 3.8) is 0 Å². The van der Waals surface area contributed by atoms with E-state index in [1.54, 1.807) is 6.92 Å². The van der Waals surface area contributed by atoms with Crippen LogP contribution < -0.4 is 5.73 Å². The molecule has 4 N–H and O–H groups in total. The van der Waals surface area contributed by atoms with Gasteiger partial charge >= 0.3 is 0 Å². The largest absolute Gasteiger partial charge is 0.389 e. The van der Waals surface area contributed by atoms with E-state index in [1.807, 2.05) is 24.3 Å². The Morgan fingerprint density at radius 1 is 1.30 bits per heavy atom. The Bertz CT molecular complexity index is 203. The summed E-state index contributed by atoms with van der Waals surface area (Å²) < 4.78 is 0. The van der Waals surface area contributed by atoms with E-state index < -0.39 is 0 Å². The summed E-state index contributed by atoms with van der Waals surface area (Å²) in [4.78, 5) is 0. The van der Waals surface area contributed by atoms with E-state index >= 15 is 0 Å². The fraction of sp³-hybridized carbons (Fsp3) is 0.250. The lowest BCUT2D eigenvalue weighted by Gasteiger charge is -2.01. The molecule has 1 atom stereocenters. The standard InChI is InChI=1S/C8H11NO/c1-6(10)7-2-4-8(9)5-3-7/h2-6,10H,9H2,1H3/p+1. The van der Waals surface area contributed by atoms with Crippen LogP contribution in [0.3, 0.4) is 0 Å². The number of quaternary nitrogens is 1. The lowest BCUT2D eigenvalue weighted by atomic mass is 10.1. The topological polar surface area (TPSA) is 47.9 Å². The Kier molecular flexibility index (Phi) is 2.04. The smallest absolute Gasteiger partial charge is 0.127 e. The highest BCUT2D eigenvalue weighted by Gasteiger charge is 1.98. The first-order valence-corrected chi connectivity index (χ1v) is 3.30. The Balaban J connectivity index is 2.89. The molecule has 0 amide bonds. The second kappa shape index (κ2) is 2.82. The van der Waals surface area contributed by atoms with Gasteiger partial charge in [-0.2, -0.15) is 0 Å². The second-order valence-electron chi connectivity index (χ2n) is 2.42. The van der Waals surface area contributed by atoms with E-state index in [9.17, 15) is 0 Å². The first kappa shape index (κ1) is 7.25. The number of hydrogen-bond donors (Lipinski definition) is 2. The summed E-state index contributed by atoms with van der Waals surface area (Å²) in [5.74, 6) is 0. The average Bonchev–Trinajstić information content (AvgIpc) is 1.88. The van der Waals surface area contributed by atoms with E-state index in [-0.39, 0.29) is 6.10 Å². The lowest BCUT2D eigenvalue weighted by Crippen LogP contribution is -2.39. The van der Waals surface area contributed by atoms with Crippen LogP contribution in [0.25, 0.3) is 0 Å². The molecule has 0 aliphatic carbocycles. The van der Waals surface area contributed by atoms with Crippen LogP contribution in [0.5, 0.6) is 0 Å². The summed E-state index contributed by atoms with van der Waals surface area (Å²) in [6.07, 6.45) is -0.374. The normalized spacial score (nSPS) is 13.1.